The van der Waals surface area contributed by atoms with Gasteiger partial charge >= 0.3 is 0 Å². The van der Waals surface area contributed by atoms with Crippen LogP contribution in [0, 0.1) is 0 Å². The summed E-state index contributed by atoms with van der Waals surface area (Å²) >= 11 is 1.47. The third-order valence-corrected chi connectivity index (χ3v) is 5.19. The molecule has 22 heavy (non-hydrogen) atoms. The van der Waals surface area contributed by atoms with E-state index in [1.54, 1.807) is 10.9 Å². The van der Waals surface area contributed by atoms with Crippen LogP contribution in [0.2, 0.25) is 0 Å². The van der Waals surface area contributed by atoms with Crippen LogP contribution in [0.1, 0.15) is 11.1 Å². The molecule has 0 spiro atoms. The molecule has 2 aromatic heterocycles. The van der Waals surface area contributed by atoms with Gasteiger partial charge < -0.3 is 0 Å². The zero-order valence-electron chi connectivity index (χ0n) is 12.2. The molecular weight excluding hydrogens is 294 g/mol. The normalized spacial score (nSPS) is 15.1. The predicted octanol–water partition coefficient (Wildman–Crippen LogP) is 2.52. The Kier molecular flexibility index (Phi) is 3.52. The number of benzene rings is 1. The Morgan fingerprint density at radius 2 is 2.00 bits per heavy atom. The Bertz CT molecular complexity index is 867. The predicted molar refractivity (Wildman–Crippen MR) is 89.3 cm³/mol. The SMILES string of the molecule is O=c1c2sccc2ncn1CCN1CCc2ccccc2C1. The fraction of sp³-hybridized carbons (Fsp3) is 0.294. The molecule has 1 aliphatic heterocycles. The van der Waals surface area contributed by atoms with Crippen molar-refractivity contribution in [1.82, 2.24) is 14.5 Å². The molecule has 112 valence electrons. The summed E-state index contributed by atoms with van der Waals surface area (Å²) in [5.74, 6) is 0. The number of hydrogen-bond donors (Lipinski definition) is 0. The summed E-state index contributed by atoms with van der Waals surface area (Å²) < 4.78 is 2.49. The van der Waals surface area contributed by atoms with E-state index < -0.39 is 0 Å². The van der Waals surface area contributed by atoms with Crippen molar-refractivity contribution >= 4 is 21.6 Å². The van der Waals surface area contributed by atoms with Crippen LogP contribution >= 0.6 is 11.3 Å². The molecule has 1 aromatic carbocycles. The van der Waals surface area contributed by atoms with Gasteiger partial charge in [-0.1, -0.05) is 24.3 Å². The van der Waals surface area contributed by atoms with Gasteiger partial charge in [0.2, 0.25) is 0 Å². The molecular formula is C17H17N3OS. The summed E-state index contributed by atoms with van der Waals surface area (Å²) in [5, 5.41) is 1.92. The number of aromatic nitrogens is 2. The molecule has 0 bridgehead atoms. The quantitative estimate of drug-likeness (QED) is 0.746. The van der Waals surface area contributed by atoms with Gasteiger partial charge in [0.15, 0.2) is 0 Å². The van der Waals surface area contributed by atoms with Crippen LogP contribution in [0.3, 0.4) is 0 Å². The second kappa shape index (κ2) is 5.66. The van der Waals surface area contributed by atoms with Gasteiger partial charge in [-0.15, -0.1) is 11.3 Å². The zero-order chi connectivity index (χ0) is 14.9. The fourth-order valence-electron chi connectivity index (χ4n) is 3.03. The van der Waals surface area contributed by atoms with Crippen LogP contribution in [0.25, 0.3) is 10.2 Å². The van der Waals surface area contributed by atoms with Crippen LogP contribution in [0.5, 0.6) is 0 Å². The summed E-state index contributed by atoms with van der Waals surface area (Å²) in [7, 11) is 0. The average Bonchev–Trinajstić information content (AvgIpc) is 3.03. The summed E-state index contributed by atoms with van der Waals surface area (Å²) in [6, 6.07) is 10.5. The van der Waals surface area contributed by atoms with Gasteiger partial charge in [-0.05, 0) is 29.0 Å². The molecule has 4 nitrogen and oxygen atoms in total. The topological polar surface area (TPSA) is 38.1 Å². The average molecular weight is 311 g/mol. The highest BCUT2D eigenvalue weighted by molar-refractivity contribution is 7.17. The lowest BCUT2D eigenvalue weighted by molar-refractivity contribution is 0.243. The van der Waals surface area contributed by atoms with E-state index in [9.17, 15) is 4.79 Å². The summed E-state index contributed by atoms with van der Waals surface area (Å²) in [4.78, 5) is 19.1. The first-order valence-electron chi connectivity index (χ1n) is 7.53. The lowest BCUT2D eigenvalue weighted by atomic mass is 10.00. The minimum absolute atomic E-state index is 0.0809. The summed E-state index contributed by atoms with van der Waals surface area (Å²) in [6.07, 6.45) is 2.77. The lowest BCUT2D eigenvalue weighted by Gasteiger charge is -2.28. The van der Waals surface area contributed by atoms with Crippen molar-refractivity contribution in [3.05, 3.63) is 63.5 Å². The number of rotatable bonds is 3. The van der Waals surface area contributed by atoms with Crippen molar-refractivity contribution in [3.8, 4) is 0 Å². The Labute approximate surface area is 132 Å². The molecule has 0 saturated heterocycles. The number of fused-ring (bicyclic) bond motifs is 2. The molecule has 1 aliphatic rings. The standard InChI is InChI=1S/C17H17N3OS/c21-17-16-15(6-10-22-16)18-12-20(17)9-8-19-7-5-13-3-1-2-4-14(13)11-19/h1-4,6,10,12H,5,7-9,11H2. The fourth-order valence-corrected chi connectivity index (χ4v) is 3.83. The molecule has 4 rings (SSSR count). The van der Waals surface area contributed by atoms with Crippen molar-refractivity contribution in [1.29, 1.82) is 0 Å². The first kappa shape index (κ1) is 13.7. The van der Waals surface area contributed by atoms with Crippen LogP contribution < -0.4 is 5.56 Å². The number of thiophene rings is 1. The smallest absolute Gasteiger partial charge is 0.271 e. The first-order valence-corrected chi connectivity index (χ1v) is 8.41. The number of hydrogen-bond acceptors (Lipinski definition) is 4. The highest BCUT2D eigenvalue weighted by Gasteiger charge is 2.15. The molecule has 5 heteroatoms. The van der Waals surface area contributed by atoms with Gasteiger partial charge in [0, 0.05) is 26.2 Å². The van der Waals surface area contributed by atoms with E-state index in [1.807, 2.05) is 11.4 Å². The van der Waals surface area contributed by atoms with Crippen LogP contribution in [-0.2, 0) is 19.5 Å². The van der Waals surface area contributed by atoms with Crippen LogP contribution in [0.15, 0.2) is 46.8 Å². The third kappa shape index (κ3) is 2.46. The molecule has 0 saturated carbocycles. The maximum absolute atomic E-state index is 12.4. The molecule has 3 heterocycles. The van der Waals surface area contributed by atoms with E-state index in [0.29, 0.717) is 6.54 Å². The van der Waals surface area contributed by atoms with Crippen molar-refractivity contribution in [2.45, 2.75) is 19.5 Å². The monoisotopic (exact) mass is 311 g/mol. The Morgan fingerprint density at radius 3 is 2.91 bits per heavy atom. The minimum atomic E-state index is 0.0809. The molecule has 0 amide bonds. The van der Waals surface area contributed by atoms with E-state index >= 15 is 0 Å². The van der Waals surface area contributed by atoms with Gasteiger partial charge in [-0.3, -0.25) is 14.3 Å². The molecule has 0 radical (unpaired) electrons. The zero-order valence-corrected chi connectivity index (χ0v) is 13.1. The molecule has 0 fully saturated rings. The van der Waals surface area contributed by atoms with E-state index in [2.05, 4.69) is 34.1 Å². The Balaban J connectivity index is 1.48. The summed E-state index contributed by atoms with van der Waals surface area (Å²) in [6.45, 7) is 3.61. The minimum Gasteiger partial charge on any atom is -0.297 e. The van der Waals surface area contributed by atoms with Gasteiger partial charge in [-0.2, -0.15) is 0 Å². The second-order valence-corrected chi connectivity index (χ2v) is 6.59. The van der Waals surface area contributed by atoms with Crippen molar-refractivity contribution in [2.75, 3.05) is 13.1 Å². The van der Waals surface area contributed by atoms with Crippen molar-refractivity contribution in [2.24, 2.45) is 0 Å². The highest BCUT2D eigenvalue weighted by atomic mass is 32.1. The van der Waals surface area contributed by atoms with E-state index in [4.69, 9.17) is 0 Å². The molecule has 0 aliphatic carbocycles. The molecule has 3 aromatic rings. The first-order chi connectivity index (χ1) is 10.8. The molecule has 0 atom stereocenters. The van der Waals surface area contributed by atoms with E-state index in [-0.39, 0.29) is 5.56 Å². The van der Waals surface area contributed by atoms with Crippen LogP contribution in [-0.4, -0.2) is 27.5 Å². The maximum Gasteiger partial charge on any atom is 0.271 e. The molecule has 0 N–H and O–H groups in total. The molecule has 0 unspecified atom stereocenters. The van der Waals surface area contributed by atoms with Gasteiger partial charge in [0.05, 0.1) is 11.8 Å². The highest BCUT2D eigenvalue weighted by Crippen LogP contribution is 2.18. The van der Waals surface area contributed by atoms with Gasteiger partial charge in [-0.25, -0.2) is 4.98 Å². The lowest BCUT2D eigenvalue weighted by Crippen LogP contribution is -2.35. The Morgan fingerprint density at radius 1 is 1.14 bits per heavy atom. The Hall–Kier alpha value is -1.98. The van der Waals surface area contributed by atoms with Gasteiger partial charge in [0.1, 0.15) is 4.70 Å². The van der Waals surface area contributed by atoms with Crippen molar-refractivity contribution < 1.29 is 0 Å². The van der Waals surface area contributed by atoms with E-state index in [1.165, 1.54) is 22.5 Å². The van der Waals surface area contributed by atoms with E-state index in [0.717, 1.165) is 36.3 Å². The second-order valence-electron chi connectivity index (χ2n) is 5.67. The number of nitrogens with zero attached hydrogens (tertiary/aromatic N) is 3. The third-order valence-electron chi connectivity index (χ3n) is 4.30. The van der Waals surface area contributed by atoms with Crippen molar-refractivity contribution in [3.63, 3.8) is 0 Å². The summed E-state index contributed by atoms with van der Waals surface area (Å²) in [5.41, 5.74) is 3.75. The maximum atomic E-state index is 12.4. The van der Waals surface area contributed by atoms with Gasteiger partial charge in [0.25, 0.3) is 5.56 Å². The van der Waals surface area contributed by atoms with Crippen LogP contribution in [0.4, 0.5) is 0 Å². The largest absolute Gasteiger partial charge is 0.297 e.